The Balaban J connectivity index is 1.71. The smallest absolute Gasteiger partial charge is 0.367 e. The van der Waals surface area contributed by atoms with E-state index in [1.54, 1.807) is 19.2 Å². The highest BCUT2D eigenvalue weighted by molar-refractivity contribution is 5.79. The van der Waals surface area contributed by atoms with Crippen LogP contribution >= 0.6 is 0 Å². The van der Waals surface area contributed by atoms with Crippen molar-refractivity contribution in [2.24, 2.45) is 4.99 Å². The third-order valence-electron chi connectivity index (χ3n) is 5.03. The number of alkyl halides is 3. The lowest BCUT2D eigenvalue weighted by molar-refractivity contribution is -0.176. The first kappa shape index (κ1) is 24.0. The minimum Gasteiger partial charge on any atom is -0.367 e. The molecule has 1 saturated heterocycles. The Morgan fingerprint density at radius 3 is 2.50 bits per heavy atom. The maximum absolute atomic E-state index is 12.1. The highest BCUT2D eigenvalue weighted by Gasteiger charge is 2.27. The molecule has 9 heteroatoms. The van der Waals surface area contributed by atoms with E-state index in [1.165, 1.54) is 0 Å². The largest absolute Gasteiger partial charge is 0.411 e. The number of ether oxygens (including phenoxy) is 1. The van der Waals surface area contributed by atoms with Crippen LogP contribution in [0.25, 0.3) is 0 Å². The fraction of sp³-hybridized carbons (Fsp3) is 0.619. The number of nitrogens with zero attached hydrogens (tertiary/aromatic N) is 2. The van der Waals surface area contributed by atoms with Crippen LogP contribution in [0.2, 0.25) is 0 Å². The molecule has 0 bridgehead atoms. The summed E-state index contributed by atoms with van der Waals surface area (Å²) >= 11 is 0. The number of carbonyl (C=O) groups is 1. The second-order valence-electron chi connectivity index (χ2n) is 7.32. The average molecular weight is 428 g/mol. The van der Waals surface area contributed by atoms with Gasteiger partial charge in [0.15, 0.2) is 5.96 Å². The molecule has 0 saturated carbocycles. The summed E-state index contributed by atoms with van der Waals surface area (Å²) in [6.07, 6.45) is -0.929. The number of hydrogen-bond acceptors (Lipinski definition) is 3. The Morgan fingerprint density at radius 1 is 1.23 bits per heavy atom. The Labute approximate surface area is 175 Å². The second-order valence-corrected chi connectivity index (χ2v) is 7.32. The van der Waals surface area contributed by atoms with Gasteiger partial charge >= 0.3 is 6.18 Å². The molecule has 0 aromatic heterocycles. The van der Waals surface area contributed by atoms with E-state index >= 15 is 0 Å². The quantitative estimate of drug-likeness (QED) is 0.444. The van der Waals surface area contributed by atoms with Crippen molar-refractivity contribution >= 4 is 11.9 Å². The summed E-state index contributed by atoms with van der Waals surface area (Å²) in [5.41, 5.74) is 1.67. The van der Waals surface area contributed by atoms with Gasteiger partial charge in [-0.15, -0.1) is 0 Å². The average Bonchev–Trinajstić information content (AvgIpc) is 3.13. The summed E-state index contributed by atoms with van der Waals surface area (Å²) in [6, 6.07) is 7.44. The van der Waals surface area contributed by atoms with Crippen molar-refractivity contribution in [3.05, 3.63) is 35.4 Å². The Kier molecular flexibility index (Phi) is 9.42. The zero-order valence-corrected chi connectivity index (χ0v) is 17.6. The number of likely N-dealkylation sites (tertiary alicyclic amines) is 1. The molecule has 2 N–H and O–H groups in total. The number of guanidine groups is 1. The lowest BCUT2D eigenvalue weighted by Gasteiger charge is -2.27. The van der Waals surface area contributed by atoms with Crippen molar-refractivity contribution in [3.8, 4) is 0 Å². The number of nitrogens with one attached hydrogen (secondary N) is 2. The zero-order valence-electron chi connectivity index (χ0n) is 17.6. The molecule has 0 aliphatic carbocycles. The molecule has 2 rings (SSSR count). The summed E-state index contributed by atoms with van der Waals surface area (Å²) in [6.45, 7) is 2.86. The lowest BCUT2D eigenvalue weighted by Crippen LogP contribution is -2.41. The van der Waals surface area contributed by atoms with E-state index in [4.69, 9.17) is 0 Å². The molecular formula is C21H31F3N4O2. The van der Waals surface area contributed by atoms with Crippen LogP contribution in [0.15, 0.2) is 29.3 Å². The van der Waals surface area contributed by atoms with Gasteiger partial charge in [-0.3, -0.25) is 9.79 Å². The van der Waals surface area contributed by atoms with Gasteiger partial charge in [0.25, 0.3) is 0 Å². The Hall–Kier alpha value is -2.29. The van der Waals surface area contributed by atoms with E-state index in [0.717, 1.165) is 31.4 Å². The van der Waals surface area contributed by atoms with Gasteiger partial charge in [-0.2, -0.15) is 13.2 Å². The molecule has 1 amide bonds. The predicted octanol–water partition coefficient (Wildman–Crippen LogP) is 3.22. The molecule has 1 fully saturated rings. The van der Waals surface area contributed by atoms with Gasteiger partial charge < -0.3 is 20.3 Å². The van der Waals surface area contributed by atoms with Crippen LogP contribution in [0.4, 0.5) is 13.2 Å². The topological polar surface area (TPSA) is 66.0 Å². The number of rotatable bonds is 10. The molecule has 1 aromatic carbocycles. The fourth-order valence-electron chi connectivity index (χ4n) is 3.44. The van der Waals surface area contributed by atoms with Crippen LogP contribution in [0.1, 0.15) is 43.7 Å². The monoisotopic (exact) mass is 428 g/mol. The summed E-state index contributed by atoms with van der Waals surface area (Å²) in [7, 11) is 1.69. The third kappa shape index (κ3) is 8.22. The summed E-state index contributed by atoms with van der Waals surface area (Å²) < 4.78 is 41.0. The molecule has 1 unspecified atom stereocenters. The lowest BCUT2D eigenvalue weighted by atomic mass is 10.1. The van der Waals surface area contributed by atoms with Crippen LogP contribution in [0.5, 0.6) is 0 Å². The van der Waals surface area contributed by atoms with E-state index in [9.17, 15) is 18.0 Å². The number of amides is 1. The van der Waals surface area contributed by atoms with E-state index in [0.29, 0.717) is 31.0 Å². The minimum atomic E-state index is -4.31. The van der Waals surface area contributed by atoms with E-state index < -0.39 is 12.8 Å². The molecule has 1 aliphatic rings. The first-order valence-electron chi connectivity index (χ1n) is 10.3. The summed E-state index contributed by atoms with van der Waals surface area (Å²) in [5.74, 6) is 0.909. The summed E-state index contributed by atoms with van der Waals surface area (Å²) in [5, 5.41) is 6.49. The van der Waals surface area contributed by atoms with Crippen molar-refractivity contribution in [1.82, 2.24) is 15.5 Å². The SMILES string of the molecule is CCC(CCNC(=NC)NCc1ccc(COCC(F)(F)F)cc1)N1CCCC1=O. The highest BCUT2D eigenvalue weighted by Crippen LogP contribution is 2.18. The van der Waals surface area contributed by atoms with Crippen molar-refractivity contribution in [3.63, 3.8) is 0 Å². The number of carbonyl (C=O) groups excluding carboxylic acids is 1. The van der Waals surface area contributed by atoms with Gasteiger partial charge in [-0.05, 0) is 30.4 Å². The maximum Gasteiger partial charge on any atom is 0.411 e. The third-order valence-corrected chi connectivity index (χ3v) is 5.03. The predicted molar refractivity (Wildman–Crippen MR) is 110 cm³/mol. The van der Waals surface area contributed by atoms with E-state index in [-0.39, 0.29) is 18.6 Å². The molecule has 30 heavy (non-hydrogen) atoms. The van der Waals surface area contributed by atoms with Crippen LogP contribution in [0.3, 0.4) is 0 Å². The Morgan fingerprint density at radius 2 is 1.93 bits per heavy atom. The number of aliphatic imine (C=N–C) groups is 1. The molecule has 1 aliphatic heterocycles. The van der Waals surface area contributed by atoms with Crippen molar-refractivity contribution in [2.45, 2.75) is 58.0 Å². The van der Waals surface area contributed by atoms with Gasteiger partial charge in [0, 0.05) is 39.1 Å². The van der Waals surface area contributed by atoms with Crippen molar-refractivity contribution < 1.29 is 22.7 Å². The molecule has 1 aromatic rings. The fourth-order valence-corrected chi connectivity index (χ4v) is 3.44. The van der Waals surface area contributed by atoms with Crippen LogP contribution in [-0.2, 0) is 22.7 Å². The summed E-state index contributed by atoms with van der Waals surface area (Å²) in [4.78, 5) is 18.1. The van der Waals surface area contributed by atoms with Gasteiger partial charge in [-0.1, -0.05) is 31.2 Å². The molecule has 1 heterocycles. The number of benzene rings is 1. The van der Waals surface area contributed by atoms with Gasteiger partial charge in [0.2, 0.25) is 5.91 Å². The van der Waals surface area contributed by atoms with Crippen molar-refractivity contribution in [2.75, 3.05) is 26.7 Å². The molecular weight excluding hydrogens is 397 g/mol. The minimum absolute atomic E-state index is 0.0748. The standard InChI is InChI=1S/C21H31F3N4O2/c1-3-18(28-12-4-5-19(28)29)10-11-26-20(25-2)27-13-16-6-8-17(9-7-16)14-30-15-21(22,23)24/h6-9,18H,3-5,10-15H2,1-2H3,(H2,25,26,27). The highest BCUT2D eigenvalue weighted by atomic mass is 19.4. The first-order chi connectivity index (χ1) is 14.3. The maximum atomic E-state index is 12.1. The number of hydrogen-bond donors (Lipinski definition) is 2. The van der Waals surface area contributed by atoms with Gasteiger partial charge in [0.1, 0.15) is 6.61 Å². The normalized spacial score (nSPS) is 16.1. The van der Waals surface area contributed by atoms with E-state index in [2.05, 4.69) is 27.3 Å². The molecule has 0 radical (unpaired) electrons. The molecule has 168 valence electrons. The molecule has 0 spiro atoms. The number of halogens is 3. The van der Waals surface area contributed by atoms with Crippen LogP contribution in [-0.4, -0.2) is 55.7 Å². The first-order valence-corrected chi connectivity index (χ1v) is 10.3. The molecule has 1 atom stereocenters. The van der Waals surface area contributed by atoms with E-state index in [1.807, 2.05) is 17.0 Å². The van der Waals surface area contributed by atoms with Crippen LogP contribution in [0, 0.1) is 0 Å². The molecule has 6 nitrogen and oxygen atoms in total. The second kappa shape index (κ2) is 11.8. The van der Waals surface area contributed by atoms with Gasteiger partial charge in [-0.25, -0.2) is 0 Å². The zero-order chi connectivity index (χ0) is 22.0. The van der Waals surface area contributed by atoms with Crippen molar-refractivity contribution in [1.29, 1.82) is 0 Å². The van der Waals surface area contributed by atoms with Crippen LogP contribution < -0.4 is 10.6 Å². The Bertz CT molecular complexity index is 692. The van der Waals surface area contributed by atoms with Gasteiger partial charge in [0.05, 0.1) is 6.61 Å².